The Bertz CT molecular complexity index is 209. The van der Waals surface area contributed by atoms with Crippen LogP contribution in [0.1, 0.15) is 20.3 Å². The molecule has 0 radical (unpaired) electrons. The summed E-state index contributed by atoms with van der Waals surface area (Å²) in [6, 6.07) is -0.364. The van der Waals surface area contributed by atoms with Gasteiger partial charge in [0, 0.05) is 13.1 Å². The maximum absolute atomic E-state index is 11.4. The highest BCUT2D eigenvalue weighted by Gasteiger charge is 2.18. The summed E-state index contributed by atoms with van der Waals surface area (Å²) in [5, 5.41) is 0. The second-order valence-electron chi connectivity index (χ2n) is 3.37. The van der Waals surface area contributed by atoms with E-state index in [1.54, 1.807) is 11.8 Å². The van der Waals surface area contributed by atoms with Crippen molar-refractivity contribution < 1.29 is 4.79 Å². The monoisotopic (exact) mass is 168 g/mol. The van der Waals surface area contributed by atoms with Gasteiger partial charge in [-0.2, -0.15) is 0 Å². The van der Waals surface area contributed by atoms with Gasteiger partial charge in [0.2, 0.25) is 5.91 Å². The minimum absolute atomic E-state index is 0.0544. The maximum atomic E-state index is 11.4. The fraction of sp³-hybridized carbons (Fsp3) is 0.667. The molecule has 1 rings (SSSR count). The van der Waals surface area contributed by atoms with Gasteiger partial charge in [-0.25, -0.2) is 0 Å². The molecule has 0 aliphatic carbocycles. The van der Waals surface area contributed by atoms with Crippen molar-refractivity contribution in [1.82, 2.24) is 4.90 Å². The number of nitrogens with two attached hydrogens (primary N) is 1. The van der Waals surface area contributed by atoms with Gasteiger partial charge in [0.05, 0.1) is 6.04 Å². The zero-order valence-corrected chi connectivity index (χ0v) is 7.71. The van der Waals surface area contributed by atoms with E-state index in [0.29, 0.717) is 0 Å². The van der Waals surface area contributed by atoms with E-state index in [-0.39, 0.29) is 11.9 Å². The fourth-order valence-electron chi connectivity index (χ4n) is 1.26. The minimum atomic E-state index is -0.364. The van der Waals surface area contributed by atoms with E-state index in [1.807, 2.05) is 0 Å². The highest BCUT2D eigenvalue weighted by Crippen LogP contribution is 2.09. The Morgan fingerprint density at radius 3 is 2.83 bits per heavy atom. The molecular formula is C9H16N2O. The van der Waals surface area contributed by atoms with E-state index >= 15 is 0 Å². The Morgan fingerprint density at radius 1 is 1.75 bits per heavy atom. The van der Waals surface area contributed by atoms with E-state index in [0.717, 1.165) is 19.5 Å². The summed E-state index contributed by atoms with van der Waals surface area (Å²) in [5.74, 6) is 0.0544. The maximum Gasteiger partial charge on any atom is 0.239 e. The van der Waals surface area contributed by atoms with E-state index in [9.17, 15) is 4.79 Å². The average Bonchev–Trinajstić information content (AvgIpc) is 2.04. The first-order valence-electron chi connectivity index (χ1n) is 4.31. The van der Waals surface area contributed by atoms with Gasteiger partial charge < -0.3 is 10.6 Å². The van der Waals surface area contributed by atoms with Crippen molar-refractivity contribution in [2.75, 3.05) is 13.1 Å². The van der Waals surface area contributed by atoms with Crippen LogP contribution in [0, 0.1) is 0 Å². The topological polar surface area (TPSA) is 46.3 Å². The zero-order chi connectivity index (χ0) is 9.14. The molecule has 1 unspecified atom stereocenters. The van der Waals surface area contributed by atoms with E-state index < -0.39 is 0 Å². The number of hydrogen-bond acceptors (Lipinski definition) is 2. The second kappa shape index (κ2) is 3.72. The predicted molar refractivity (Wildman–Crippen MR) is 48.6 cm³/mol. The van der Waals surface area contributed by atoms with Crippen molar-refractivity contribution in [2.45, 2.75) is 26.3 Å². The van der Waals surface area contributed by atoms with Crippen molar-refractivity contribution in [2.24, 2.45) is 5.73 Å². The molecule has 1 amide bonds. The SMILES string of the molecule is CC1=CCN(C(=O)C(C)N)CC1. The number of hydrogen-bond donors (Lipinski definition) is 1. The van der Waals surface area contributed by atoms with Crippen LogP contribution >= 0.6 is 0 Å². The average molecular weight is 168 g/mol. The quantitative estimate of drug-likeness (QED) is 0.580. The van der Waals surface area contributed by atoms with Crippen LogP contribution in [-0.4, -0.2) is 29.9 Å². The molecule has 1 atom stereocenters. The molecule has 3 heteroatoms. The Balaban J connectivity index is 2.51. The molecule has 0 aromatic carbocycles. The Hall–Kier alpha value is -0.830. The van der Waals surface area contributed by atoms with Crippen molar-refractivity contribution >= 4 is 5.91 Å². The standard InChI is InChI=1S/C9H16N2O/c1-7-3-5-11(6-4-7)9(12)8(2)10/h3,8H,4-6,10H2,1-2H3. The van der Waals surface area contributed by atoms with Gasteiger partial charge in [0.15, 0.2) is 0 Å². The van der Waals surface area contributed by atoms with Crippen LogP contribution in [0.15, 0.2) is 11.6 Å². The molecule has 0 aromatic rings. The van der Waals surface area contributed by atoms with Crippen LogP contribution in [0.4, 0.5) is 0 Å². The van der Waals surface area contributed by atoms with E-state index in [2.05, 4.69) is 13.0 Å². The van der Waals surface area contributed by atoms with E-state index in [4.69, 9.17) is 5.73 Å². The second-order valence-corrected chi connectivity index (χ2v) is 3.37. The molecule has 0 saturated carbocycles. The van der Waals surface area contributed by atoms with Crippen molar-refractivity contribution in [3.05, 3.63) is 11.6 Å². The van der Waals surface area contributed by atoms with Crippen LogP contribution in [0.3, 0.4) is 0 Å². The molecule has 0 spiro atoms. The van der Waals surface area contributed by atoms with Crippen LogP contribution < -0.4 is 5.73 Å². The summed E-state index contributed by atoms with van der Waals surface area (Å²) < 4.78 is 0. The largest absolute Gasteiger partial charge is 0.337 e. The summed E-state index contributed by atoms with van der Waals surface area (Å²) in [5.41, 5.74) is 6.85. The highest BCUT2D eigenvalue weighted by molar-refractivity contribution is 5.81. The molecule has 1 aliphatic heterocycles. The Labute approximate surface area is 73.2 Å². The van der Waals surface area contributed by atoms with Gasteiger partial charge in [-0.1, -0.05) is 11.6 Å². The summed E-state index contributed by atoms with van der Waals surface area (Å²) in [4.78, 5) is 13.2. The third kappa shape index (κ3) is 2.08. The molecule has 1 aliphatic rings. The van der Waals surface area contributed by atoms with Crippen molar-refractivity contribution in [1.29, 1.82) is 0 Å². The number of nitrogens with zero attached hydrogens (tertiary/aromatic N) is 1. The number of amides is 1. The molecule has 2 N–H and O–H groups in total. The normalized spacial score (nSPS) is 20.2. The number of rotatable bonds is 1. The van der Waals surface area contributed by atoms with Gasteiger partial charge >= 0.3 is 0 Å². The first-order chi connectivity index (χ1) is 5.61. The van der Waals surface area contributed by atoms with Gasteiger partial charge in [0.25, 0.3) is 0 Å². The summed E-state index contributed by atoms with van der Waals surface area (Å²) in [7, 11) is 0. The fourth-order valence-corrected chi connectivity index (χ4v) is 1.26. The third-order valence-electron chi connectivity index (χ3n) is 2.14. The lowest BCUT2D eigenvalue weighted by atomic mass is 10.1. The van der Waals surface area contributed by atoms with Crippen LogP contribution in [0.5, 0.6) is 0 Å². The molecule has 0 aromatic heterocycles. The Morgan fingerprint density at radius 2 is 2.42 bits per heavy atom. The highest BCUT2D eigenvalue weighted by atomic mass is 16.2. The smallest absolute Gasteiger partial charge is 0.239 e. The zero-order valence-electron chi connectivity index (χ0n) is 7.71. The number of carbonyl (C=O) groups is 1. The number of carbonyl (C=O) groups excluding carboxylic acids is 1. The predicted octanol–water partition coefficient (Wildman–Crippen LogP) is 0.512. The molecule has 0 fully saturated rings. The summed E-state index contributed by atoms with van der Waals surface area (Å²) in [6.07, 6.45) is 3.07. The van der Waals surface area contributed by atoms with Crippen molar-refractivity contribution in [3.8, 4) is 0 Å². The third-order valence-corrected chi connectivity index (χ3v) is 2.14. The van der Waals surface area contributed by atoms with Gasteiger partial charge in [-0.3, -0.25) is 4.79 Å². The summed E-state index contributed by atoms with van der Waals surface area (Å²) >= 11 is 0. The first-order valence-corrected chi connectivity index (χ1v) is 4.31. The molecular weight excluding hydrogens is 152 g/mol. The molecule has 0 bridgehead atoms. The molecule has 0 saturated heterocycles. The lowest BCUT2D eigenvalue weighted by Gasteiger charge is -2.26. The van der Waals surface area contributed by atoms with Gasteiger partial charge in [0.1, 0.15) is 0 Å². The van der Waals surface area contributed by atoms with Crippen LogP contribution in [0.25, 0.3) is 0 Å². The summed E-state index contributed by atoms with van der Waals surface area (Å²) in [6.45, 7) is 5.37. The van der Waals surface area contributed by atoms with Crippen molar-refractivity contribution in [3.63, 3.8) is 0 Å². The molecule has 3 nitrogen and oxygen atoms in total. The van der Waals surface area contributed by atoms with Gasteiger partial charge in [-0.15, -0.1) is 0 Å². The van der Waals surface area contributed by atoms with E-state index in [1.165, 1.54) is 5.57 Å². The molecule has 68 valence electrons. The molecule has 1 heterocycles. The van der Waals surface area contributed by atoms with Crippen LogP contribution in [-0.2, 0) is 4.79 Å². The lowest BCUT2D eigenvalue weighted by Crippen LogP contribution is -2.43. The molecule has 12 heavy (non-hydrogen) atoms. The minimum Gasteiger partial charge on any atom is -0.337 e. The Kier molecular flexibility index (Phi) is 2.87. The first kappa shape index (κ1) is 9.26. The van der Waals surface area contributed by atoms with Crippen LogP contribution in [0.2, 0.25) is 0 Å². The lowest BCUT2D eigenvalue weighted by molar-refractivity contribution is -0.131. The van der Waals surface area contributed by atoms with Gasteiger partial charge in [-0.05, 0) is 20.3 Å².